The Morgan fingerprint density at radius 1 is 1.22 bits per heavy atom. The highest BCUT2D eigenvalue weighted by atomic mass is 16.5. The van der Waals surface area contributed by atoms with Crippen molar-refractivity contribution < 1.29 is 23.8 Å². The minimum Gasteiger partial charge on any atom is -0.493 e. The number of allylic oxidation sites excluding steroid dienone is 1. The van der Waals surface area contributed by atoms with Crippen molar-refractivity contribution in [3.63, 3.8) is 0 Å². The number of esters is 1. The highest BCUT2D eigenvalue weighted by molar-refractivity contribution is 5.95. The molecule has 0 aliphatic carbocycles. The fraction of sp³-hybridized carbons (Fsp3) is 0.375. The molecule has 0 unspecified atom stereocenters. The summed E-state index contributed by atoms with van der Waals surface area (Å²) in [6, 6.07) is 4.29. The maximum Gasteiger partial charge on any atom is 0.337 e. The van der Waals surface area contributed by atoms with Gasteiger partial charge in [-0.05, 0) is 13.0 Å². The van der Waals surface area contributed by atoms with Gasteiger partial charge in [-0.15, -0.1) is 0 Å². The van der Waals surface area contributed by atoms with Crippen molar-refractivity contribution in [2.24, 2.45) is 0 Å². The molecule has 0 saturated heterocycles. The molecule has 1 aliphatic rings. The lowest BCUT2D eigenvalue weighted by Gasteiger charge is -2.33. The van der Waals surface area contributed by atoms with Gasteiger partial charge in [0.15, 0.2) is 11.5 Å². The third-order valence-electron chi connectivity index (χ3n) is 3.90. The second-order valence-corrected chi connectivity index (χ2v) is 5.01. The minimum atomic E-state index is -0.684. The molecule has 0 aromatic heterocycles. The largest absolute Gasteiger partial charge is 0.493 e. The molecule has 1 aromatic rings. The fourth-order valence-corrected chi connectivity index (χ4v) is 2.58. The number of methoxy groups -OCH3 is 3. The van der Waals surface area contributed by atoms with E-state index in [1.807, 2.05) is 0 Å². The molecule has 1 N–H and O–H groups in total. The number of ether oxygens (including phenoxy) is 3. The van der Waals surface area contributed by atoms with Crippen LogP contribution in [-0.2, 0) is 9.53 Å². The minimum absolute atomic E-state index is 0.315. The van der Waals surface area contributed by atoms with E-state index >= 15 is 0 Å². The van der Waals surface area contributed by atoms with Gasteiger partial charge in [-0.2, -0.15) is 0 Å². The van der Waals surface area contributed by atoms with E-state index in [-0.39, 0.29) is 6.03 Å². The van der Waals surface area contributed by atoms with Crippen molar-refractivity contribution in [1.29, 1.82) is 0 Å². The van der Waals surface area contributed by atoms with E-state index in [0.717, 1.165) is 0 Å². The monoisotopic (exact) mass is 320 g/mol. The van der Waals surface area contributed by atoms with Gasteiger partial charge in [0.25, 0.3) is 0 Å². The van der Waals surface area contributed by atoms with Gasteiger partial charge >= 0.3 is 12.0 Å². The van der Waals surface area contributed by atoms with Crippen LogP contribution >= 0.6 is 0 Å². The van der Waals surface area contributed by atoms with Gasteiger partial charge < -0.3 is 24.4 Å². The van der Waals surface area contributed by atoms with Crippen LogP contribution in [0.3, 0.4) is 0 Å². The third kappa shape index (κ3) is 2.81. The average Bonchev–Trinajstić information content (AvgIpc) is 2.57. The van der Waals surface area contributed by atoms with Crippen LogP contribution in [0.4, 0.5) is 4.79 Å². The van der Waals surface area contributed by atoms with Crippen LogP contribution < -0.4 is 14.8 Å². The number of hydrogen-bond acceptors (Lipinski definition) is 5. The number of urea groups is 1. The predicted molar refractivity (Wildman–Crippen MR) is 83.3 cm³/mol. The Bertz CT molecular complexity index is 668. The van der Waals surface area contributed by atoms with Crippen molar-refractivity contribution in [3.05, 3.63) is 35.0 Å². The van der Waals surface area contributed by atoms with Crippen LogP contribution in [0.1, 0.15) is 18.5 Å². The Kier molecular flexibility index (Phi) is 4.78. The van der Waals surface area contributed by atoms with Crippen molar-refractivity contribution in [3.8, 4) is 11.5 Å². The van der Waals surface area contributed by atoms with E-state index in [1.165, 1.54) is 26.2 Å². The number of nitrogens with one attached hydrogen (secondary N) is 1. The molecule has 0 fully saturated rings. The van der Waals surface area contributed by atoms with Crippen LogP contribution in [0.25, 0.3) is 0 Å². The summed E-state index contributed by atoms with van der Waals surface area (Å²) in [6.07, 6.45) is 0. The number of nitrogens with zero attached hydrogens (tertiary/aromatic N) is 1. The van der Waals surface area contributed by atoms with Crippen LogP contribution in [0.2, 0.25) is 0 Å². The summed E-state index contributed by atoms with van der Waals surface area (Å²) in [5.74, 6) is 0.461. The topological polar surface area (TPSA) is 77.1 Å². The van der Waals surface area contributed by atoms with Gasteiger partial charge in [-0.1, -0.05) is 12.1 Å². The number of rotatable bonds is 4. The lowest BCUT2D eigenvalue weighted by molar-refractivity contribution is -0.136. The maximum absolute atomic E-state index is 12.2. The molecule has 1 aliphatic heterocycles. The fourth-order valence-electron chi connectivity index (χ4n) is 2.58. The van der Waals surface area contributed by atoms with Gasteiger partial charge in [0.05, 0.1) is 32.9 Å². The number of hydrogen-bond donors (Lipinski definition) is 1. The number of amides is 2. The summed E-state index contributed by atoms with van der Waals surface area (Å²) in [4.78, 5) is 25.8. The SMILES string of the molecule is COC(=O)C1=C(C)N(C)C(=O)N[C@@H]1c1cccc(OC)c1OC. The highest BCUT2D eigenvalue weighted by Crippen LogP contribution is 2.39. The molecular weight excluding hydrogens is 300 g/mol. The summed E-state index contributed by atoms with van der Waals surface area (Å²) < 4.78 is 15.6. The van der Waals surface area contributed by atoms with Gasteiger partial charge in [0, 0.05) is 18.3 Å². The molecule has 7 heteroatoms. The van der Waals surface area contributed by atoms with E-state index in [4.69, 9.17) is 14.2 Å². The standard InChI is InChI=1S/C16H20N2O5/c1-9-12(15(19)23-5)13(17-16(20)18(9)2)10-7-6-8-11(21-3)14(10)22-4/h6-8,13H,1-5H3,(H,17,20)/t13-/m1/s1. The maximum atomic E-state index is 12.2. The first-order valence-corrected chi connectivity index (χ1v) is 7.00. The first-order valence-electron chi connectivity index (χ1n) is 7.00. The molecule has 124 valence electrons. The second-order valence-electron chi connectivity index (χ2n) is 5.01. The van der Waals surface area contributed by atoms with Crippen molar-refractivity contribution >= 4 is 12.0 Å². The van der Waals surface area contributed by atoms with E-state index in [2.05, 4.69) is 5.32 Å². The second kappa shape index (κ2) is 6.60. The number of para-hydroxylation sites is 1. The molecule has 2 amide bonds. The van der Waals surface area contributed by atoms with Gasteiger partial charge in [-0.3, -0.25) is 0 Å². The Hall–Kier alpha value is -2.70. The Labute approximate surface area is 134 Å². The van der Waals surface area contributed by atoms with Crippen molar-refractivity contribution in [1.82, 2.24) is 10.2 Å². The zero-order chi connectivity index (χ0) is 17.1. The van der Waals surface area contributed by atoms with Gasteiger partial charge in [0.2, 0.25) is 0 Å². The first kappa shape index (κ1) is 16.7. The van der Waals surface area contributed by atoms with Gasteiger partial charge in [-0.25, -0.2) is 9.59 Å². The molecule has 0 radical (unpaired) electrons. The molecule has 2 rings (SSSR count). The lowest BCUT2D eigenvalue weighted by Crippen LogP contribution is -2.46. The molecule has 1 atom stereocenters. The molecular formula is C16H20N2O5. The molecule has 23 heavy (non-hydrogen) atoms. The highest BCUT2D eigenvalue weighted by Gasteiger charge is 2.36. The average molecular weight is 320 g/mol. The quantitative estimate of drug-likeness (QED) is 0.857. The number of carbonyl (C=O) groups is 2. The predicted octanol–water partition coefficient (Wildman–Crippen LogP) is 1.85. The Morgan fingerprint density at radius 3 is 2.48 bits per heavy atom. The zero-order valence-electron chi connectivity index (χ0n) is 13.8. The molecule has 1 aromatic carbocycles. The molecule has 7 nitrogen and oxygen atoms in total. The lowest BCUT2D eigenvalue weighted by atomic mass is 9.94. The van der Waals surface area contributed by atoms with Crippen LogP contribution in [0, 0.1) is 0 Å². The zero-order valence-corrected chi connectivity index (χ0v) is 13.8. The summed E-state index contributed by atoms with van der Waals surface area (Å²) in [5, 5.41) is 2.80. The third-order valence-corrected chi connectivity index (χ3v) is 3.90. The summed E-state index contributed by atoms with van der Waals surface area (Å²) in [7, 11) is 5.93. The van der Waals surface area contributed by atoms with Gasteiger partial charge in [0.1, 0.15) is 0 Å². The van der Waals surface area contributed by atoms with E-state index in [9.17, 15) is 9.59 Å². The molecule has 0 bridgehead atoms. The van der Waals surface area contributed by atoms with E-state index < -0.39 is 12.0 Å². The Morgan fingerprint density at radius 2 is 1.91 bits per heavy atom. The van der Waals surface area contributed by atoms with Crippen LogP contribution in [0.5, 0.6) is 11.5 Å². The summed E-state index contributed by atoms with van der Waals surface area (Å²) in [6.45, 7) is 1.70. The smallest absolute Gasteiger partial charge is 0.337 e. The van der Waals surface area contributed by atoms with E-state index in [0.29, 0.717) is 28.3 Å². The van der Waals surface area contributed by atoms with Crippen LogP contribution in [-0.4, -0.2) is 45.3 Å². The number of benzene rings is 1. The summed E-state index contributed by atoms with van der Waals surface area (Å²) in [5.41, 5.74) is 1.49. The Balaban J connectivity index is 2.65. The molecule has 1 heterocycles. The first-order chi connectivity index (χ1) is 11.0. The summed E-state index contributed by atoms with van der Waals surface area (Å²) >= 11 is 0. The normalized spacial score (nSPS) is 17.7. The van der Waals surface area contributed by atoms with E-state index in [1.54, 1.807) is 32.2 Å². The van der Waals surface area contributed by atoms with Crippen LogP contribution in [0.15, 0.2) is 29.5 Å². The molecule has 0 saturated carbocycles. The number of carbonyl (C=O) groups excluding carboxylic acids is 2. The van der Waals surface area contributed by atoms with Crippen molar-refractivity contribution in [2.45, 2.75) is 13.0 Å². The van der Waals surface area contributed by atoms with Crippen molar-refractivity contribution in [2.75, 3.05) is 28.4 Å². The molecule has 0 spiro atoms.